The Morgan fingerprint density at radius 1 is 1.15 bits per heavy atom. The lowest BCUT2D eigenvalue weighted by atomic mass is 10.1. The lowest BCUT2D eigenvalue weighted by Crippen LogP contribution is -1.82. The summed E-state index contributed by atoms with van der Waals surface area (Å²) >= 11 is 0. The highest BCUT2D eigenvalue weighted by atomic mass is 16.4. The summed E-state index contributed by atoms with van der Waals surface area (Å²) in [6, 6.07) is 3.80. The van der Waals surface area contributed by atoms with Gasteiger partial charge in [0.05, 0.1) is 0 Å². The molecule has 0 unspecified atom stereocenters. The summed E-state index contributed by atoms with van der Waals surface area (Å²) in [6.07, 6.45) is 6.02. The van der Waals surface area contributed by atoms with Crippen molar-refractivity contribution in [2.45, 2.75) is 45.6 Å². The molecule has 0 spiro atoms. The molecule has 0 saturated carbocycles. The third-order valence-electron chi connectivity index (χ3n) is 2.15. The Bertz CT molecular complexity index is 228. The molecule has 0 aliphatic carbocycles. The molecule has 1 rings (SSSR count). The fraction of sp³-hybridized carbons (Fsp3) is 0.636. The van der Waals surface area contributed by atoms with E-state index in [0.717, 1.165) is 12.2 Å². The molecule has 0 atom stereocenters. The van der Waals surface area contributed by atoms with Gasteiger partial charge >= 0.3 is 0 Å². The van der Waals surface area contributed by atoms with Gasteiger partial charge in [-0.1, -0.05) is 26.2 Å². The molecule has 0 radical (unpaired) electrons. The average Bonchev–Trinajstić information content (AvgIpc) is 2.60. The second-order valence-corrected chi connectivity index (χ2v) is 3.34. The number of rotatable bonds is 6. The first-order chi connectivity index (χ1) is 6.36. The van der Waals surface area contributed by atoms with E-state index < -0.39 is 0 Å². The van der Waals surface area contributed by atoms with Crippen molar-refractivity contribution in [1.29, 1.82) is 0 Å². The molecule has 2 nitrogen and oxygen atoms in total. The van der Waals surface area contributed by atoms with E-state index in [4.69, 9.17) is 9.52 Å². The van der Waals surface area contributed by atoms with Crippen molar-refractivity contribution in [1.82, 2.24) is 0 Å². The van der Waals surface area contributed by atoms with Crippen LogP contribution in [0.1, 0.15) is 44.1 Å². The van der Waals surface area contributed by atoms with Gasteiger partial charge < -0.3 is 9.52 Å². The van der Waals surface area contributed by atoms with Crippen LogP contribution in [0.4, 0.5) is 0 Å². The Balaban J connectivity index is 2.20. The largest absolute Gasteiger partial charge is 0.464 e. The van der Waals surface area contributed by atoms with Crippen LogP contribution >= 0.6 is 0 Å². The molecule has 1 aromatic rings. The summed E-state index contributed by atoms with van der Waals surface area (Å²) < 4.78 is 5.36. The zero-order chi connectivity index (χ0) is 9.52. The molecule has 0 aliphatic rings. The Hall–Kier alpha value is -0.760. The number of furan rings is 1. The third kappa shape index (κ3) is 3.64. The highest BCUT2D eigenvalue weighted by Crippen LogP contribution is 2.11. The Morgan fingerprint density at radius 3 is 2.54 bits per heavy atom. The maximum absolute atomic E-state index is 8.77. The fourth-order valence-corrected chi connectivity index (χ4v) is 1.37. The van der Waals surface area contributed by atoms with E-state index in [9.17, 15) is 0 Å². The van der Waals surface area contributed by atoms with Crippen molar-refractivity contribution >= 4 is 0 Å². The van der Waals surface area contributed by atoms with Crippen LogP contribution in [0.2, 0.25) is 0 Å². The van der Waals surface area contributed by atoms with Gasteiger partial charge in [-0.25, -0.2) is 0 Å². The van der Waals surface area contributed by atoms with Crippen molar-refractivity contribution < 1.29 is 9.52 Å². The number of aliphatic hydroxyl groups is 1. The van der Waals surface area contributed by atoms with Gasteiger partial charge in [0.15, 0.2) is 0 Å². The predicted molar refractivity (Wildman–Crippen MR) is 52.5 cm³/mol. The zero-order valence-corrected chi connectivity index (χ0v) is 8.25. The maximum Gasteiger partial charge on any atom is 0.129 e. The summed E-state index contributed by atoms with van der Waals surface area (Å²) in [5.74, 6) is 1.67. The van der Waals surface area contributed by atoms with E-state index in [-0.39, 0.29) is 6.61 Å². The average molecular weight is 182 g/mol. The van der Waals surface area contributed by atoms with E-state index >= 15 is 0 Å². The molecule has 1 aromatic heterocycles. The van der Waals surface area contributed by atoms with E-state index in [1.54, 1.807) is 0 Å². The molecule has 0 saturated heterocycles. The van der Waals surface area contributed by atoms with Crippen LogP contribution in [0.3, 0.4) is 0 Å². The molecule has 2 heteroatoms. The first kappa shape index (κ1) is 10.3. The topological polar surface area (TPSA) is 33.4 Å². The minimum Gasteiger partial charge on any atom is -0.464 e. The normalized spacial score (nSPS) is 10.6. The molecule has 0 bridgehead atoms. The summed E-state index contributed by atoms with van der Waals surface area (Å²) in [5, 5.41) is 8.77. The number of aryl methyl sites for hydroxylation is 1. The maximum atomic E-state index is 8.77. The van der Waals surface area contributed by atoms with Gasteiger partial charge in [-0.05, 0) is 18.6 Å². The monoisotopic (exact) mass is 182 g/mol. The zero-order valence-electron chi connectivity index (χ0n) is 8.25. The Kier molecular flexibility index (Phi) is 4.61. The predicted octanol–water partition coefficient (Wildman–Crippen LogP) is 2.89. The molecular formula is C11H18O2. The Labute approximate surface area is 79.6 Å². The van der Waals surface area contributed by atoms with Crippen LogP contribution in [0, 0.1) is 0 Å². The van der Waals surface area contributed by atoms with Gasteiger partial charge in [-0.3, -0.25) is 0 Å². The van der Waals surface area contributed by atoms with Crippen molar-refractivity contribution in [3.05, 3.63) is 23.7 Å². The van der Waals surface area contributed by atoms with Crippen molar-refractivity contribution in [3.8, 4) is 0 Å². The highest BCUT2D eigenvalue weighted by molar-refractivity contribution is 5.06. The first-order valence-corrected chi connectivity index (χ1v) is 5.05. The van der Waals surface area contributed by atoms with Gasteiger partial charge in [0.1, 0.15) is 18.1 Å². The van der Waals surface area contributed by atoms with Crippen LogP contribution < -0.4 is 0 Å². The summed E-state index contributed by atoms with van der Waals surface area (Å²) in [7, 11) is 0. The molecule has 13 heavy (non-hydrogen) atoms. The van der Waals surface area contributed by atoms with E-state index in [1.165, 1.54) is 25.7 Å². The second-order valence-electron chi connectivity index (χ2n) is 3.34. The van der Waals surface area contributed by atoms with Gasteiger partial charge in [0.2, 0.25) is 0 Å². The standard InChI is InChI=1S/C11H18O2/c1-2-3-4-5-6-10-7-8-11(9-12)13-10/h7-8,12H,2-6,9H2,1H3. The SMILES string of the molecule is CCCCCCc1ccc(CO)o1. The van der Waals surface area contributed by atoms with Crippen molar-refractivity contribution in [3.63, 3.8) is 0 Å². The first-order valence-electron chi connectivity index (χ1n) is 5.05. The van der Waals surface area contributed by atoms with E-state index in [1.807, 2.05) is 12.1 Å². The molecule has 1 N–H and O–H groups in total. The summed E-state index contributed by atoms with van der Waals surface area (Å²) in [4.78, 5) is 0. The number of aliphatic hydroxyl groups excluding tert-OH is 1. The smallest absolute Gasteiger partial charge is 0.129 e. The molecule has 0 amide bonds. The molecule has 0 aliphatic heterocycles. The van der Waals surface area contributed by atoms with Crippen LogP contribution in [0.25, 0.3) is 0 Å². The van der Waals surface area contributed by atoms with Crippen molar-refractivity contribution in [2.24, 2.45) is 0 Å². The van der Waals surface area contributed by atoms with E-state index in [2.05, 4.69) is 6.92 Å². The lowest BCUT2D eigenvalue weighted by molar-refractivity contribution is 0.243. The molecule has 1 heterocycles. The van der Waals surface area contributed by atoms with Gasteiger partial charge in [0, 0.05) is 6.42 Å². The molecular weight excluding hydrogens is 164 g/mol. The quantitative estimate of drug-likeness (QED) is 0.686. The number of hydrogen-bond donors (Lipinski definition) is 1. The minimum atomic E-state index is 0.00889. The van der Waals surface area contributed by atoms with E-state index in [0.29, 0.717) is 5.76 Å². The van der Waals surface area contributed by atoms with Gasteiger partial charge in [0.25, 0.3) is 0 Å². The highest BCUT2D eigenvalue weighted by Gasteiger charge is 1.99. The molecule has 74 valence electrons. The van der Waals surface area contributed by atoms with Crippen LogP contribution in [0.5, 0.6) is 0 Å². The number of unbranched alkanes of at least 4 members (excludes halogenated alkanes) is 3. The van der Waals surface area contributed by atoms with Gasteiger partial charge in [-0.2, -0.15) is 0 Å². The van der Waals surface area contributed by atoms with Crippen molar-refractivity contribution in [2.75, 3.05) is 0 Å². The van der Waals surface area contributed by atoms with Crippen LogP contribution in [-0.4, -0.2) is 5.11 Å². The molecule has 0 fully saturated rings. The molecule has 0 aromatic carbocycles. The van der Waals surface area contributed by atoms with Crippen LogP contribution in [0.15, 0.2) is 16.5 Å². The third-order valence-corrected chi connectivity index (χ3v) is 2.15. The fourth-order valence-electron chi connectivity index (χ4n) is 1.37. The summed E-state index contributed by atoms with van der Waals surface area (Å²) in [5.41, 5.74) is 0. The van der Waals surface area contributed by atoms with Gasteiger partial charge in [-0.15, -0.1) is 0 Å². The second kappa shape index (κ2) is 5.81. The summed E-state index contributed by atoms with van der Waals surface area (Å²) in [6.45, 7) is 2.21. The minimum absolute atomic E-state index is 0.00889. The van der Waals surface area contributed by atoms with Crippen LogP contribution in [-0.2, 0) is 13.0 Å². The lowest BCUT2D eigenvalue weighted by Gasteiger charge is -1.96. The number of hydrogen-bond acceptors (Lipinski definition) is 2. The Morgan fingerprint density at radius 2 is 1.92 bits per heavy atom.